The normalized spacial score (nSPS) is 19.2. The smallest absolute Gasteiger partial charge is 0.243 e. The topological polar surface area (TPSA) is 40.6 Å². The van der Waals surface area contributed by atoms with Crippen LogP contribution in [0.1, 0.15) is 25.0 Å². The van der Waals surface area contributed by atoms with E-state index in [-0.39, 0.29) is 6.04 Å². The number of hydrogen-bond donors (Lipinski definition) is 0. The lowest BCUT2D eigenvalue weighted by Gasteiger charge is -2.40. The minimum Gasteiger partial charge on any atom is -0.366 e. The molecule has 0 saturated carbocycles. The molecule has 1 heterocycles. The first-order chi connectivity index (χ1) is 11.9. The van der Waals surface area contributed by atoms with Crippen molar-refractivity contribution in [2.24, 2.45) is 0 Å². The van der Waals surface area contributed by atoms with Crippen LogP contribution in [0.4, 0.5) is 5.69 Å². The summed E-state index contributed by atoms with van der Waals surface area (Å²) in [5.41, 5.74) is 3.53. The minimum atomic E-state index is -3.43. The molecule has 0 radical (unpaired) electrons. The molecule has 2 aromatic rings. The monoisotopic (exact) mass is 358 g/mol. The first kappa shape index (κ1) is 18.0. The molecule has 0 aromatic heterocycles. The molecule has 5 heteroatoms. The number of anilines is 1. The van der Waals surface area contributed by atoms with Crippen molar-refractivity contribution in [1.82, 2.24) is 4.31 Å². The Labute approximate surface area is 151 Å². The maximum absolute atomic E-state index is 12.9. The van der Waals surface area contributed by atoms with E-state index < -0.39 is 10.0 Å². The summed E-state index contributed by atoms with van der Waals surface area (Å²) in [6.07, 6.45) is 0.909. The van der Waals surface area contributed by atoms with Gasteiger partial charge in [0.25, 0.3) is 0 Å². The highest BCUT2D eigenvalue weighted by atomic mass is 32.2. The fraction of sp³-hybridized carbons (Fsp3) is 0.400. The van der Waals surface area contributed by atoms with E-state index in [2.05, 4.69) is 49.9 Å². The van der Waals surface area contributed by atoms with E-state index in [9.17, 15) is 8.42 Å². The Morgan fingerprint density at radius 2 is 1.64 bits per heavy atom. The van der Waals surface area contributed by atoms with Crippen molar-refractivity contribution in [3.05, 3.63) is 59.7 Å². The third kappa shape index (κ3) is 3.72. The van der Waals surface area contributed by atoms with E-state index in [0.717, 1.165) is 17.7 Å². The van der Waals surface area contributed by atoms with Gasteiger partial charge in [0.2, 0.25) is 10.0 Å². The Balaban J connectivity index is 1.76. The molecule has 0 amide bonds. The average molecular weight is 359 g/mol. The highest BCUT2D eigenvalue weighted by Gasteiger charge is 2.32. The Hall–Kier alpha value is -1.85. The summed E-state index contributed by atoms with van der Waals surface area (Å²) in [5.74, 6) is 0. The number of nitrogens with zero attached hydrogens (tertiary/aromatic N) is 2. The quantitative estimate of drug-likeness (QED) is 0.840. The number of hydrogen-bond acceptors (Lipinski definition) is 3. The van der Waals surface area contributed by atoms with Crippen LogP contribution in [0, 0.1) is 6.92 Å². The molecule has 1 fully saturated rings. The lowest BCUT2D eigenvalue weighted by atomic mass is 10.1. The van der Waals surface area contributed by atoms with Crippen LogP contribution in [0.15, 0.2) is 53.4 Å². The lowest BCUT2D eigenvalue weighted by molar-refractivity contribution is 0.342. The Kier molecular flexibility index (Phi) is 5.16. The molecule has 0 spiro atoms. The molecule has 25 heavy (non-hydrogen) atoms. The number of piperazine rings is 1. The van der Waals surface area contributed by atoms with E-state index in [1.54, 1.807) is 16.4 Å². The second-order valence-corrected chi connectivity index (χ2v) is 8.68. The Bertz CT molecular complexity index is 814. The van der Waals surface area contributed by atoms with E-state index in [1.807, 2.05) is 12.1 Å². The summed E-state index contributed by atoms with van der Waals surface area (Å²) in [6.45, 7) is 7.94. The zero-order valence-electron chi connectivity index (χ0n) is 15.1. The maximum atomic E-state index is 12.9. The molecule has 0 aliphatic carbocycles. The number of benzene rings is 2. The van der Waals surface area contributed by atoms with Gasteiger partial charge in [-0.3, -0.25) is 0 Å². The third-order valence-electron chi connectivity index (χ3n) is 4.93. The van der Waals surface area contributed by atoms with E-state index >= 15 is 0 Å². The molecular formula is C20H26N2O2S. The van der Waals surface area contributed by atoms with Crippen LogP contribution in [0.3, 0.4) is 0 Å². The standard InChI is InChI=1S/C20H26N2O2S/c1-4-18-7-11-20(12-8-18)25(23,24)21-13-14-22(17(3)15-21)19-9-5-16(2)6-10-19/h5-12,17H,4,13-15H2,1-3H3. The molecule has 2 aromatic carbocycles. The van der Waals surface area contributed by atoms with Crippen molar-refractivity contribution in [1.29, 1.82) is 0 Å². The minimum absolute atomic E-state index is 0.140. The highest BCUT2D eigenvalue weighted by molar-refractivity contribution is 7.89. The van der Waals surface area contributed by atoms with Crippen molar-refractivity contribution in [2.75, 3.05) is 24.5 Å². The molecule has 134 valence electrons. The van der Waals surface area contributed by atoms with Crippen molar-refractivity contribution >= 4 is 15.7 Å². The van der Waals surface area contributed by atoms with E-state index in [0.29, 0.717) is 24.5 Å². The Morgan fingerprint density at radius 3 is 2.20 bits per heavy atom. The first-order valence-electron chi connectivity index (χ1n) is 8.84. The number of rotatable bonds is 4. The van der Waals surface area contributed by atoms with Crippen LogP contribution < -0.4 is 4.90 Å². The first-order valence-corrected chi connectivity index (χ1v) is 10.3. The van der Waals surface area contributed by atoms with Gasteiger partial charge >= 0.3 is 0 Å². The van der Waals surface area contributed by atoms with Gasteiger partial charge in [-0.1, -0.05) is 36.8 Å². The second kappa shape index (κ2) is 7.18. The fourth-order valence-corrected chi connectivity index (χ4v) is 4.82. The predicted octanol–water partition coefficient (Wildman–Crippen LogP) is 3.46. The van der Waals surface area contributed by atoms with Crippen molar-refractivity contribution in [2.45, 2.75) is 38.1 Å². The zero-order valence-corrected chi connectivity index (χ0v) is 16.0. The van der Waals surface area contributed by atoms with Crippen LogP contribution in [0.2, 0.25) is 0 Å². The SMILES string of the molecule is CCc1ccc(S(=O)(=O)N2CCN(c3ccc(C)cc3)C(C)C2)cc1. The highest BCUT2D eigenvalue weighted by Crippen LogP contribution is 2.25. The molecule has 1 aliphatic rings. The van der Waals surface area contributed by atoms with Crippen molar-refractivity contribution < 1.29 is 8.42 Å². The number of aryl methyl sites for hydroxylation is 2. The average Bonchev–Trinajstić information content (AvgIpc) is 2.62. The number of sulfonamides is 1. The molecule has 1 atom stereocenters. The van der Waals surface area contributed by atoms with Crippen molar-refractivity contribution in [3.63, 3.8) is 0 Å². The Morgan fingerprint density at radius 1 is 1.00 bits per heavy atom. The molecule has 4 nitrogen and oxygen atoms in total. The van der Waals surface area contributed by atoms with Gasteiger partial charge in [0.05, 0.1) is 4.90 Å². The van der Waals surface area contributed by atoms with E-state index in [4.69, 9.17) is 0 Å². The summed E-state index contributed by atoms with van der Waals surface area (Å²) in [5, 5.41) is 0. The summed E-state index contributed by atoms with van der Waals surface area (Å²) in [6, 6.07) is 15.8. The van der Waals surface area contributed by atoms with E-state index in [1.165, 1.54) is 5.56 Å². The molecule has 1 aliphatic heterocycles. The van der Waals surface area contributed by atoms with Gasteiger partial charge in [-0.05, 0) is 50.1 Å². The summed E-state index contributed by atoms with van der Waals surface area (Å²) in [4.78, 5) is 2.67. The summed E-state index contributed by atoms with van der Waals surface area (Å²) < 4.78 is 27.5. The maximum Gasteiger partial charge on any atom is 0.243 e. The van der Waals surface area contributed by atoms with Crippen LogP contribution in [-0.4, -0.2) is 38.4 Å². The van der Waals surface area contributed by atoms with Crippen LogP contribution in [0.5, 0.6) is 0 Å². The summed E-state index contributed by atoms with van der Waals surface area (Å²) in [7, 11) is -3.43. The zero-order chi connectivity index (χ0) is 18.0. The van der Waals surface area contributed by atoms with Crippen LogP contribution in [-0.2, 0) is 16.4 Å². The van der Waals surface area contributed by atoms with Gasteiger partial charge in [0.15, 0.2) is 0 Å². The summed E-state index contributed by atoms with van der Waals surface area (Å²) >= 11 is 0. The molecule has 1 saturated heterocycles. The lowest BCUT2D eigenvalue weighted by Crippen LogP contribution is -2.53. The van der Waals surface area contributed by atoms with Crippen LogP contribution >= 0.6 is 0 Å². The van der Waals surface area contributed by atoms with Gasteiger partial charge in [0.1, 0.15) is 0 Å². The van der Waals surface area contributed by atoms with Crippen LogP contribution in [0.25, 0.3) is 0 Å². The van der Waals surface area contributed by atoms with Gasteiger partial charge in [0, 0.05) is 31.4 Å². The predicted molar refractivity (Wildman–Crippen MR) is 103 cm³/mol. The van der Waals surface area contributed by atoms with Gasteiger partial charge in [-0.25, -0.2) is 8.42 Å². The molecule has 3 rings (SSSR count). The molecular weight excluding hydrogens is 332 g/mol. The molecule has 0 N–H and O–H groups in total. The second-order valence-electron chi connectivity index (χ2n) is 6.74. The van der Waals surface area contributed by atoms with Gasteiger partial charge < -0.3 is 4.90 Å². The largest absolute Gasteiger partial charge is 0.366 e. The van der Waals surface area contributed by atoms with Gasteiger partial charge in [-0.15, -0.1) is 0 Å². The fourth-order valence-electron chi connectivity index (χ4n) is 3.31. The van der Waals surface area contributed by atoms with Crippen molar-refractivity contribution in [3.8, 4) is 0 Å². The van der Waals surface area contributed by atoms with Gasteiger partial charge in [-0.2, -0.15) is 4.31 Å². The molecule has 0 bridgehead atoms. The molecule has 1 unspecified atom stereocenters. The third-order valence-corrected chi connectivity index (χ3v) is 6.80.